The second-order valence-corrected chi connectivity index (χ2v) is 5.74. The molecule has 6 nitrogen and oxygen atoms in total. The van der Waals surface area contributed by atoms with Gasteiger partial charge < -0.3 is 21.7 Å². The minimum atomic E-state index is -0.510. The van der Waals surface area contributed by atoms with E-state index >= 15 is 0 Å². The number of rotatable bonds is 9. The van der Waals surface area contributed by atoms with Gasteiger partial charge in [0.25, 0.3) is 0 Å². The third-order valence-electron chi connectivity index (χ3n) is 3.87. The first-order valence-electron chi connectivity index (χ1n) is 8.22. The van der Waals surface area contributed by atoms with Gasteiger partial charge in [-0.15, -0.1) is 0 Å². The van der Waals surface area contributed by atoms with Gasteiger partial charge in [0.1, 0.15) is 0 Å². The Kier molecular flexibility index (Phi) is 9.61. The van der Waals surface area contributed by atoms with E-state index in [1.54, 1.807) is 0 Å². The van der Waals surface area contributed by atoms with E-state index in [9.17, 15) is 9.59 Å². The van der Waals surface area contributed by atoms with Crippen LogP contribution < -0.4 is 21.7 Å². The van der Waals surface area contributed by atoms with Crippen molar-refractivity contribution in [2.24, 2.45) is 5.73 Å². The lowest BCUT2D eigenvalue weighted by atomic mass is 10.1. The third kappa shape index (κ3) is 10.1. The molecule has 0 bridgehead atoms. The lowest BCUT2D eigenvalue weighted by Crippen LogP contribution is -2.36. The molecule has 0 unspecified atom stereocenters. The summed E-state index contributed by atoms with van der Waals surface area (Å²) < 4.78 is 0. The highest BCUT2D eigenvalue weighted by molar-refractivity contribution is 5.75. The molecule has 0 heterocycles. The van der Waals surface area contributed by atoms with Crippen molar-refractivity contribution in [3.05, 3.63) is 0 Å². The molecule has 0 aromatic carbocycles. The summed E-state index contributed by atoms with van der Waals surface area (Å²) in [5.41, 5.74) is 4.95. The van der Waals surface area contributed by atoms with Crippen LogP contribution in [0.5, 0.6) is 0 Å². The number of unbranched alkanes of at least 4 members (excludes halogenated alkanes) is 1. The van der Waals surface area contributed by atoms with Crippen LogP contribution >= 0.6 is 0 Å². The fourth-order valence-corrected chi connectivity index (χ4v) is 2.67. The van der Waals surface area contributed by atoms with Crippen molar-refractivity contribution in [3.8, 4) is 0 Å². The van der Waals surface area contributed by atoms with Crippen LogP contribution in [0.15, 0.2) is 0 Å². The molecule has 1 saturated carbocycles. The molecular formula is C15H30N4O2. The fraction of sp³-hybridized carbons (Fsp3) is 0.867. The Labute approximate surface area is 127 Å². The molecule has 1 aliphatic carbocycles. The van der Waals surface area contributed by atoms with Gasteiger partial charge in [-0.1, -0.05) is 25.7 Å². The van der Waals surface area contributed by atoms with Crippen molar-refractivity contribution in [1.82, 2.24) is 16.0 Å². The summed E-state index contributed by atoms with van der Waals surface area (Å²) in [5.74, 6) is 0.0803. The van der Waals surface area contributed by atoms with Crippen LogP contribution in [0.2, 0.25) is 0 Å². The second kappa shape index (κ2) is 11.4. The van der Waals surface area contributed by atoms with Crippen molar-refractivity contribution in [3.63, 3.8) is 0 Å². The quantitative estimate of drug-likeness (QED) is 0.381. The van der Waals surface area contributed by atoms with Crippen LogP contribution in [0, 0.1) is 0 Å². The van der Waals surface area contributed by atoms with Crippen LogP contribution in [0.3, 0.4) is 0 Å². The molecule has 1 fully saturated rings. The summed E-state index contributed by atoms with van der Waals surface area (Å²) >= 11 is 0. The number of nitrogens with one attached hydrogen (secondary N) is 3. The van der Waals surface area contributed by atoms with E-state index in [1.165, 1.54) is 38.5 Å². The molecule has 0 aliphatic heterocycles. The van der Waals surface area contributed by atoms with Crippen molar-refractivity contribution in [1.29, 1.82) is 0 Å². The summed E-state index contributed by atoms with van der Waals surface area (Å²) in [6.07, 6.45) is 9.94. The Morgan fingerprint density at radius 2 is 1.62 bits per heavy atom. The Morgan fingerprint density at radius 1 is 0.905 bits per heavy atom. The lowest BCUT2D eigenvalue weighted by Gasteiger charge is -2.16. The highest BCUT2D eigenvalue weighted by atomic mass is 16.2. The van der Waals surface area contributed by atoms with Crippen LogP contribution in [-0.2, 0) is 4.79 Å². The van der Waals surface area contributed by atoms with Gasteiger partial charge in [-0.05, 0) is 25.7 Å². The van der Waals surface area contributed by atoms with Crippen molar-refractivity contribution >= 4 is 11.9 Å². The summed E-state index contributed by atoms with van der Waals surface area (Å²) in [5, 5.41) is 8.96. The highest BCUT2D eigenvalue weighted by Gasteiger charge is 2.10. The molecule has 0 aromatic heterocycles. The van der Waals surface area contributed by atoms with E-state index < -0.39 is 6.03 Å². The minimum absolute atomic E-state index is 0.0803. The van der Waals surface area contributed by atoms with E-state index in [-0.39, 0.29) is 5.91 Å². The number of urea groups is 1. The van der Waals surface area contributed by atoms with E-state index in [1.807, 2.05) is 0 Å². The van der Waals surface area contributed by atoms with Crippen LogP contribution in [-0.4, -0.2) is 37.6 Å². The first kappa shape index (κ1) is 17.8. The average molecular weight is 298 g/mol. The molecule has 0 radical (unpaired) electrons. The van der Waals surface area contributed by atoms with Crippen LogP contribution in [0.4, 0.5) is 4.79 Å². The number of nitrogens with two attached hydrogens (primary N) is 1. The molecule has 3 amide bonds. The smallest absolute Gasteiger partial charge is 0.312 e. The van der Waals surface area contributed by atoms with Gasteiger partial charge in [-0.25, -0.2) is 4.79 Å². The van der Waals surface area contributed by atoms with E-state index in [0.29, 0.717) is 25.6 Å². The topological polar surface area (TPSA) is 96.2 Å². The Balaban J connectivity index is 1.91. The van der Waals surface area contributed by atoms with Gasteiger partial charge in [0.15, 0.2) is 0 Å². The molecule has 21 heavy (non-hydrogen) atoms. The maximum absolute atomic E-state index is 11.6. The average Bonchev–Trinajstić information content (AvgIpc) is 2.71. The number of carbonyl (C=O) groups is 2. The standard InChI is InChI=1S/C15H30N4O2/c16-15(21)19-10-6-5-9-14(20)18-12-11-17-13-7-3-1-2-4-8-13/h13,17H,1-12H2,(H,18,20)(H3,16,19,21). The van der Waals surface area contributed by atoms with Crippen LogP contribution in [0.25, 0.3) is 0 Å². The van der Waals surface area contributed by atoms with Gasteiger partial charge in [0, 0.05) is 32.1 Å². The predicted octanol–water partition coefficient (Wildman–Crippen LogP) is 1.25. The molecule has 1 aliphatic rings. The molecule has 0 saturated heterocycles. The largest absolute Gasteiger partial charge is 0.355 e. The van der Waals surface area contributed by atoms with E-state index in [0.717, 1.165) is 19.4 Å². The Morgan fingerprint density at radius 3 is 2.29 bits per heavy atom. The zero-order valence-electron chi connectivity index (χ0n) is 13.0. The van der Waals surface area contributed by atoms with E-state index in [4.69, 9.17) is 5.73 Å². The Bertz CT molecular complexity index is 302. The number of amides is 3. The molecule has 5 N–H and O–H groups in total. The second-order valence-electron chi connectivity index (χ2n) is 5.74. The number of hydrogen-bond donors (Lipinski definition) is 4. The molecule has 6 heteroatoms. The monoisotopic (exact) mass is 298 g/mol. The molecule has 0 spiro atoms. The highest BCUT2D eigenvalue weighted by Crippen LogP contribution is 2.16. The first-order valence-corrected chi connectivity index (χ1v) is 8.22. The summed E-state index contributed by atoms with van der Waals surface area (Å²) in [7, 11) is 0. The number of carbonyl (C=O) groups excluding carboxylic acids is 2. The predicted molar refractivity (Wildman–Crippen MR) is 83.9 cm³/mol. The molecule has 0 atom stereocenters. The zero-order chi connectivity index (χ0) is 15.3. The zero-order valence-corrected chi connectivity index (χ0v) is 13.0. The number of hydrogen-bond acceptors (Lipinski definition) is 3. The lowest BCUT2D eigenvalue weighted by molar-refractivity contribution is -0.121. The third-order valence-corrected chi connectivity index (χ3v) is 3.87. The first-order chi connectivity index (χ1) is 10.2. The van der Waals surface area contributed by atoms with Crippen molar-refractivity contribution in [2.75, 3.05) is 19.6 Å². The van der Waals surface area contributed by atoms with E-state index in [2.05, 4.69) is 16.0 Å². The van der Waals surface area contributed by atoms with Gasteiger partial charge in [0.05, 0.1) is 0 Å². The molecule has 1 rings (SSSR count). The Hall–Kier alpha value is -1.30. The van der Waals surface area contributed by atoms with Crippen molar-refractivity contribution in [2.45, 2.75) is 63.8 Å². The SMILES string of the molecule is NC(=O)NCCCCC(=O)NCCNC1CCCCCC1. The maximum atomic E-state index is 11.6. The molecular weight excluding hydrogens is 268 g/mol. The summed E-state index contributed by atoms with van der Waals surface area (Å²) in [6.45, 7) is 2.07. The molecule has 0 aromatic rings. The van der Waals surface area contributed by atoms with Gasteiger partial charge in [-0.2, -0.15) is 0 Å². The maximum Gasteiger partial charge on any atom is 0.312 e. The van der Waals surface area contributed by atoms with Crippen molar-refractivity contribution < 1.29 is 9.59 Å². The van der Waals surface area contributed by atoms with Gasteiger partial charge >= 0.3 is 6.03 Å². The van der Waals surface area contributed by atoms with Crippen LogP contribution in [0.1, 0.15) is 57.8 Å². The fourth-order valence-electron chi connectivity index (χ4n) is 2.67. The normalized spacial score (nSPS) is 16.2. The minimum Gasteiger partial charge on any atom is -0.355 e. The summed E-state index contributed by atoms with van der Waals surface area (Å²) in [6, 6.07) is 0.119. The molecule has 122 valence electrons. The number of primary amides is 1. The van der Waals surface area contributed by atoms with Gasteiger partial charge in [0.2, 0.25) is 5.91 Å². The van der Waals surface area contributed by atoms with Gasteiger partial charge in [-0.3, -0.25) is 4.79 Å². The summed E-state index contributed by atoms with van der Waals surface area (Å²) in [4.78, 5) is 22.0.